The minimum atomic E-state index is 0. The Morgan fingerprint density at radius 3 is 2.54 bits per heavy atom. The van der Waals surface area contributed by atoms with E-state index in [1.165, 1.54) is 37.7 Å². The molecule has 1 aromatic carbocycles. The third-order valence-corrected chi connectivity index (χ3v) is 5.68. The molecule has 2 aliphatic rings. The highest BCUT2D eigenvalue weighted by molar-refractivity contribution is 14.0. The molecule has 5 heteroatoms. The van der Waals surface area contributed by atoms with Crippen molar-refractivity contribution in [2.45, 2.75) is 57.6 Å². The second kappa shape index (κ2) is 11.1. The lowest BCUT2D eigenvalue weighted by molar-refractivity contribution is -0.0265. The first-order chi connectivity index (χ1) is 12.3. The number of benzene rings is 1. The molecule has 0 amide bonds. The summed E-state index contributed by atoms with van der Waals surface area (Å²) in [5.41, 5.74) is 1.29. The fourth-order valence-corrected chi connectivity index (χ4v) is 4.08. The Hall–Kier alpha value is -0.820. The molecule has 2 fully saturated rings. The van der Waals surface area contributed by atoms with Crippen LogP contribution in [0, 0.1) is 11.8 Å². The summed E-state index contributed by atoms with van der Waals surface area (Å²) in [7, 11) is 1.87. The van der Waals surface area contributed by atoms with E-state index in [2.05, 4.69) is 52.9 Å². The van der Waals surface area contributed by atoms with Crippen molar-refractivity contribution in [1.29, 1.82) is 0 Å². The third-order valence-electron chi connectivity index (χ3n) is 5.68. The number of nitrogens with one attached hydrogen (secondary N) is 2. The first-order valence-corrected chi connectivity index (χ1v) is 9.90. The zero-order chi connectivity index (χ0) is 17.5. The number of aliphatic imine (C=N–C) groups is 1. The molecule has 2 unspecified atom stereocenters. The third kappa shape index (κ3) is 6.12. The van der Waals surface area contributed by atoms with Crippen molar-refractivity contribution >= 4 is 29.9 Å². The highest BCUT2D eigenvalue weighted by Gasteiger charge is 2.27. The van der Waals surface area contributed by atoms with Gasteiger partial charge in [-0.25, -0.2) is 0 Å². The number of hydrogen-bond donors (Lipinski definition) is 2. The summed E-state index contributed by atoms with van der Waals surface area (Å²) in [4.78, 5) is 4.44. The number of nitrogens with zero attached hydrogens (tertiary/aromatic N) is 1. The Bertz CT molecular complexity index is 543. The van der Waals surface area contributed by atoms with Crippen LogP contribution in [0.5, 0.6) is 0 Å². The van der Waals surface area contributed by atoms with E-state index in [1.54, 1.807) is 0 Å². The van der Waals surface area contributed by atoms with Crippen molar-refractivity contribution in [3.63, 3.8) is 0 Å². The molecule has 4 nitrogen and oxygen atoms in total. The summed E-state index contributed by atoms with van der Waals surface area (Å²) < 4.78 is 6.10. The van der Waals surface area contributed by atoms with Gasteiger partial charge in [-0.15, -0.1) is 24.0 Å². The second-order valence-corrected chi connectivity index (χ2v) is 7.66. The second-order valence-electron chi connectivity index (χ2n) is 7.66. The van der Waals surface area contributed by atoms with Crippen molar-refractivity contribution in [2.75, 3.05) is 20.2 Å². The van der Waals surface area contributed by atoms with Crippen molar-refractivity contribution < 1.29 is 4.74 Å². The van der Waals surface area contributed by atoms with Crippen LogP contribution in [-0.2, 0) is 4.74 Å². The largest absolute Gasteiger partial charge is 0.373 e. The van der Waals surface area contributed by atoms with E-state index in [0.717, 1.165) is 31.4 Å². The van der Waals surface area contributed by atoms with Crippen LogP contribution in [0.15, 0.2) is 35.3 Å². The van der Waals surface area contributed by atoms with Crippen molar-refractivity contribution in [2.24, 2.45) is 16.8 Å². The van der Waals surface area contributed by atoms with Crippen LogP contribution in [-0.4, -0.2) is 32.2 Å². The molecule has 1 heterocycles. The van der Waals surface area contributed by atoms with Crippen molar-refractivity contribution in [3.05, 3.63) is 35.9 Å². The smallest absolute Gasteiger partial charge is 0.191 e. The summed E-state index contributed by atoms with van der Waals surface area (Å²) in [5.74, 6) is 2.30. The van der Waals surface area contributed by atoms with Gasteiger partial charge in [0.1, 0.15) is 0 Å². The van der Waals surface area contributed by atoms with Gasteiger partial charge in [0.05, 0.1) is 6.10 Å². The molecule has 0 radical (unpaired) electrons. The normalized spacial score (nSPS) is 29.5. The molecule has 26 heavy (non-hydrogen) atoms. The van der Waals surface area contributed by atoms with Crippen molar-refractivity contribution in [3.8, 4) is 0 Å². The lowest BCUT2D eigenvalue weighted by Gasteiger charge is -2.33. The Morgan fingerprint density at radius 2 is 1.85 bits per heavy atom. The van der Waals surface area contributed by atoms with Gasteiger partial charge in [0.25, 0.3) is 0 Å². The maximum Gasteiger partial charge on any atom is 0.191 e. The zero-order valence-electron chi connectivity index (χ0n) is 16.1. The van der Waals surface area contributed by atoms with Crippen LogP contribution < -0.4 is 10.6 Å². The monoisotopic (exact) mass is 471 g/mol. The fourth-order valence-electron chi connectivity index (χ4n) is 4.08. The van der Waals surface area contributed by atoms with Crippen LogP contribution >= 0.6 is 24.0 Å². The van der Waals surface area contributed by atoms with Gasteiger partial charge in [-0.2, -0.15) is 0 Å². The minimum Gasteiger partial charge on any atom is -0.373 e. The molecule has 0 bridgehead atoms. The number of hydrogen-bond acceptors (Lipinski definition) is 2. The van der Waals surface area contributed by atoms with Gasteiger partial charge in [0, 0.05) is 32.2 Å². The van der Waals surface area contributed by atoms with Crippen LogP contribution in [0.2, 0.25) is 0 Å². The molecule has 0 aromatic heterocycles. The number of ether oxygens (including phenoxy) is 1. The van der Waals surface area contributed by atoms with Gasteiger partial charge >= 0.3 is 0 Å². The molecule has 1 aliphatic carbocycles. The highest BCUT2D eigenvalue weighted by atomic mass is 127. The zero-order valence-corrected chi connectivity index (χ0v) is 18.4. The maximum absolute atomic E-state index is 6.10. The predicted octanol–water partition coefficient (Wildman–Crippen LogP) is 4.52. The lowest BCUT2D eigenvalue weighted by atomic mass is 9.87. The standard InChI is InChI=1S/C21H33N3O.HI/c1-16-10-12-19(13-11-16)24-21(22-2)23-15-18-9-6-14-25-20(18)17-7-4-3-5-8-17;/h3-5,7-8,16,18-20H,6,9-15H2,1-2H3,(H2,22,23,24);1H. The summed E-state index contributed by atoms with van der Waals surface area (Å²) in [6.45, 7) is 4.13. The molecule has 0 spiro atoms. The number of rotatable bonds is 4. The Morgan fingerprint density at radius 1 is 1.12 bits per heavy atom. The molecular weight excluding hydrogens is 437 g/mol. The molecule has 3 rings (SSSR count). The first-order valence-electron chi connectivity index (χ1n) is 9.90. The molecule has 146 valence electrons. The van der Waals surface area contributed by atoms with E-state index >= 15 is 0 Å². The van der Waals surface area contributed by atoms with E-state index in [0.29, 0.717) is 12.0 Å². The summed E-state index contributed by atoms with van der Waals surface area (Å²) in [6, 6.07) is 11.2. The molecule has 1 aliphatic heterocycles. The lowest BCUT2D eigenvalue weighted by Crippen LogP contribution is -2.46. The fraction of sp³-hybridized carbons (Fsp3) is 0.667. The molecule has 1 aromatic rings. The first kappa shape index (κ1) is 21.5. The van der Waals surface area contributed by atoms with Crippen LogP contribution in [0.4, 0.5) is 0 Å². The molecular formula is C21H34IN3O. The Balaban J connectivity index is 0.00000243. The van der Waals surface area contributed by atoms with Gasteiger partial charge < -0.3 is 15.4 Å². The van der Waals surface area contributed by atoms with E-state index in [9.17, 15) is 0 Å². The van der Waals surface area contributed by atoms with E-state index in [4.69, 9.17) is 4.74 Å². The van der Waals surface area contributed by atoms with Gasteiger partial charge in [-0.1, -0.05) is 37.3 Å². The van der Waals surface area contributed by atoms with Gasteiger partial charge in [0.15, 0.2) is 5.96 Å². The van der Waals surface area contributed by atoms with Crippen LogP contribution in [0.1, 0.15) is 57.1 Å². The topological polar surface area (TPSA) is 45.7 Å². The number of guanidine groups is 1. The molecule has 1 saturated carbocycles. The number of halogens is 1. The SMILES string of the molecule is CN=C(NCC1CCCOC1c1ccccc1)NC1CCC(C)CC1.I. The summed E-state index contributed by atoms with van der Waals surface area (Å²) >= 11 is 0. The van der Waals surface area contributed by atoms with Gasteiger partial charge in [-0.05, 0) is 50.0 Å². The molecule has 1 saturated heterocycles. The minimum absolute atomic E-state index is 0. The van der Waals surface area contributed by atoms with Gasteiger partial charge in [-0.3, -0.25) is 4.99 Å². The molecule has 2 N–H and O–H groups in total. The average molecular weight is 471 g/mol. The highest BCUT2D eigenvalue weighted by Crippen LogP contribution is 2.33. The Kier molecular flexibility index (Phi) is 9.19. The maximum atomic E-state index is 6.10. The quantitative estimate of drug-likeness (QED) is 0.386. The van der Waals surface area contributed by atoms with Crippen molar-refractivity contribution in [1.82, 2.24) is 10.6 Å². The molecule has 2 atom stereocenters. The summed E-state index contributed by atoms with van der Waals surface area (Å²) in [6.07, 6.45) is 7.67. The van der Waals surface area contributed by atoms with E-state index < -0.39 is 0 Å². The van der Waals surface area contributed by atoms with E-state index in [1.807, 2.05) is 7.05 Å². The van der Waals surface area contributed by atoms with Crippen LogP contribution in [0.3, 0.4) is 0 Å². The van der Waals surface area contributed by atoms with Crippen LogP contribution in [0.25, 0.3) is 0 Å². The predicted molar refractivity (Wildman–Crippen MR) is 119 cm³/mol. The average Bonchev–Trinajstić information content (AvgIpc) is 2.67. The van der Waals surface area contributed by atoms with E-state index in [-0.39, 0.29) is 30.1 Å². The van der Waals surface area contributed by atoms with Gasteiger partial charge in [0.2, 0.25) is 0 Å². The summed E-state index contributed by atoms with van der Waals surface area (Å²) in [5, 5.41) is 7.17. The Labute approximate surface area is 175 Å².